The number of amides is 1. The minimum absolute atomic E-state index is 0.227. The van der Waals surface area contributed by atoms with E-state index in [-0.39, 0.29) is 18.1 Å². The molecule has 1 aliphatic heterocycles. The normalized spacial score (nSPS) is 25.1. The van der Waals surface area contributed by atoms with Gasteiger partial charge in [0.2, 0.25) is 0 Å². The van der Waals surface area contributed by atoms with Crippen LogP contribution in [-0.4, -0.2) is 36.1 Å². The predicted octanol–water partition coefficient (Wildman–Crippen LogP) is 0.961. The van der Waals surface area contributed by atoms with Crippen LogP contribution in [0, 0.1) is 0 Å². The van der Waals surface area contributed by atoms with Crippen LogP contribution in [0.25, 0.3) is 0 Å². The average Bonchev–Trinajstić information content (AvgIpc) is 2.75. The zero-order valence-electron chi connectivity index (χ0n) is 10.7. The highest BCUT2D eigenvalue weighted by molar-refractivity contribution is 7.14. The summed E-state index contributed by atoms with van der Waals surface area (Å²) in [7, 11) is 0. The average molecular weight is 269 g/mol. The molecule has 1 fully saturated rings. The summed E-state index contributed by atoms with van der Waals surface area (Å²) in [6.45, 7) is 6.90. The van der Waals surface area contributed by atoms with E-state index >= 15 is 0 Å². The molecule has 0 bridgehead atoms. The maximum absolute atomic E-state index is 11.4. The maximum atomic E-state index is 11.4. The van der Waals surface area contributed by atoms with Crippen molar-refractivity contribution in [3.8, 4) is 0 Å². The van der Waals surface area contributed by atoms with Crippen LogP contribution in [0.15, 0.2) is 12.1 Å². The van der Waals surface area contributed by atoms with Crippen LogP contribution in [0.2, 0.25) is 0 Å². The van der Waals surface area contributed by atoms with E-state index in [4.69, 9.17) is 10.6 Å². The van der Waals surface area contributed by atoms with Crippen molar-refractivity contribution in [1.29, 1.82) is 0 Å². The van der Waals surface area contributed by atoms with Gasteiger partial charge in [-0.25, -0.2) is 5.84 Å². The molecule has 3 N–H and O–H groups in total. The second kappa shape index (κ2) is 5.79. The van der Waals surface area contributed by atoms with Crippen molar-refractivity contribution in [2.75, 3.05) is 13.1 Å². The molecule has 1 amide bonds. The molecular weight excluding hydrogens is 250 g/mol. The first-order valence-corrected chi connectivity index (χ1v) is 6.87. The van der Waals surface area contributed by atoms with Gasteiger partial charge in [-0.15, -0.1) is 11.3 Å². The quantitative estimate of drug-likeness (QED) is 0.487. The minimum Gasteiger partial charge on any atom is -0.373 e. The molecule has 1 aromatic heterocycles. The summed E-state index contributed by atoms with van der Waals surface area (Å²) in [6, 6.07) is 3.80. The van der Waals surface area contributed by atoms with E-state index < -0.39 is 0 Å². The fourth-order valence-electron chi connectivity index (χ4n) is 2.29. The molecule has 5 nitrogen and oxygen atoms in total. The Bertz CT molecular complexity index is 411. The smallest absolute Gasteiger partial charge is 0.275 e. The Hall–Kier alpha value is -0.950. The molecule has 0 saturated carbocycles. The topological polar surface area (TPSA) is 67.6 Å². The highest BCUT2D eigenvalue weighted by atomic mass is 32.1. The molecule has 18 heavy (non-hydrogen) atoms. The molecule has 0 aromatic carbocycles. The second-order valence-electron chi connectivity index (χ2n) is 4.69. The van der Waals surface area contributed by atoms with Gasteiger partial charge < -0.3 is 4.74 Å². The van der Waals surface area contributed by atoms with E-state index in [0.717, 1.165) is 19.6 Å². The van der Waals surface area contributed by atoms with Crippen LogP contribution in [0.1, 0.15) is 28.4 Å². The maximum Gasteiger partial charge on any atom is 0.275 e. The van der Waals surface area contributed by atoms with Gasteiger partial charge in [-0.05, 0) is 26.0 Å². The number of hydrogen-bond donors (Lipinski definition) is 2. The van der Waals surface area contributed by atoms with Gasteiger partial charge in [-0.3, -0.25) is 15.1 Å². The summed E-state index contributed by atoms with van der Waals surface area (Å²) < 4.78 is 5.70. The van der Waals surface area contributed by atoms with Crippen LogP contribution in [0.5, 0.6) is 0 Å². The van der Waals surface area contributed by atoms with Gasteiger partial charge in [0.1, 0.15) is 0 Å². The first-order chi connectivity index (χ1) is 8.58. The molecule has 1 aliphatic rings. The summed E-state index contributed by atoms with van der Waals surface area (Å²) in [5.41, 5.74) is 2.15. The lowest BCUT2D eigenvalue weighted by Gasteiger charge is -2.34. The van der Waals surface area contributed by atoms with Crippen molar-refractivity contribution in [1.82, 2.24) is 10.3 Å². The van der Waals surface area contributed by atoms with E-state index in [1.165, 1.54) is 16.2 Å². The van der Waals surface area contributed by atoms with Gasteiger partial charge in [0.05, 0.1) is 17.1 Å². The number of rotatable bonds is 3. The molecule has 0 radical (unpaired) electrons. The number of thiophene rings is 1. The highest BCUT2D eigenvalue weighted by Crippen LogP contribution is 2.20. The number of nitrogens with two attached hydrogens (primary N) is 1. The monoisotopic (exact) mass is 269 g/mol. The molecule has 2 rings (SSSR count). The Morgan fingerprint density at radius 3 is 2.78 bits per heavy atom. The van der Waals surface area contributed by atoms with E-state index in [2.05, 4.69) is 24.2 Å². The van der Waals surface area contributed by atoms with Crippen molar-refractivity contribution in [3.63, 3.8) is 0 Å². The summed E-state index contributed by atoms with van der Waals surface area (Å²) >= 11 is 1.49. The van der Waals surface area contributed by atoms with Crippen molar-refractivity contribution in [2.45, 2.75) is 32.6 Å². The molecule has 0 aliphatic carbocycles. The number of carbonyl (C=O) groups excluding carboxylic acids is 1. The fourth-order valence-corrected chi connectivity index (χ4v) is 3.24. The Kier molecular flexibility index (Phi) is 4.34. The van der Waals surface area contributed by atoms with Crippen LogP contribution in [-0.2, 0) is 11.3 Å². The SMILES string of the molecule is CC1CN(Cc2ccc(C(=O)NN)s2)CC(C)O1. The number of carbonyl (C=O) groups is 1. The lowest BCUT2D eigenvalue weighted by molar-refractivity contribution is -0.0702. The van der Waals surface area contributed by atoms with Gasteiger partial charge in [-0.1, -0.05) is 0 Å². The predicted molar refractivity (Wildman–Crippen MR) is 71.3 cm³/mol. The van der Waals surface area contributed by atoms with Crippen molar-refractivity contribution >= 4 is 17.2 Å². The largest absolute Gasteiger partial charge is 0.373 e. The van der Waals surface area contributed by atoms with Crippen LogP contribution < -0.4 is 11.3 Å². The molecule has 6 heteroatoms. The Morgan fingerprint density at radius 2 is 2.17 bits per heavy atom. The number of nitrogen functional groups attached to an aromatic ring is 1. The number of hydrogen-bond acceptors (Lipinski definition) is 5. The van der Waals surface area contributed by atoms with Gasteiger partial charge >= 0.3 is 0 Å². The lowest BCUT2D eigenvalue weighted by Crippen LogP contribution is -2.44. The number of morpholine rings is 1. The van der Waals surface area contributed by atoms with E-state index in [0.29, 0.717) is 4.88 Å². The molecule has 0 spiro atoms. The molecule has 1 aromatic rings. The van der Waals surface area contributed by atoms with Gasteiger partial charge in [0.25, 0.3) is 5.91 Å². The van der Waals surface area contributed by atoms with Gasteiger partial charge in [-0.2, -0.15) is 0 Å². The number of nitrogens with zero attached hydrogens (tertiary/aromatic N) is 1. The van der Waals surface area contributed by atoms with E-state index in [9.17, 15) is 4.79 Å². The summed E-state index contributed by atoms with van der Waals surface area (Å²) in [5.74, 6) is 4.89. The molecule has 1 saturated heterocycles. The fraction of sp³-hybridized carbons (Fsp3) is 0.583. The van der Waals surface area contributed by atoms with E-state index in [1.54, 1.807) is 0 Å². The summed E-state index contributed by atoms with van der Waals surface area (Å²) in [4.78, 5) is 15.6. The zero-order chi connectivity index (χ0) is 13.1. The van der Waals surface area contributed by atoms with Crippen molar-refractivity contribution in [3.05, 3.63) is 21.9 Å². The molecular formula is C12H19N3O2S. The van der Waals surface area contributed by atoms with Gasteiger partial charge in [0, 0.05) is 24.5 Å². The first kappa shape index (κ1) is 13.5. The third-order valence-electron chi connectivity index (χ3n) is 2.89. The minimum atomic E-state index is -0.227. The first-order valence-electron chi connectivity index (χ1n) is 6.06. The molecule has 2 unspecified atom stereocenters. The second-order valence-corrected chi connectivity index (χ2v) is 5.86. The number of nitrogens with one attached hydrogen (secondary N) is 1. The third kappa shape index (κ3) is 3.29. The molecule has 2 atom stereocenters. The molecule has 100 valence electrons. The Balaban J connectivity index is 1.96. The van der Waals surface area contributed by atoms with Gasteiger partial charge in [0.15, 0.2) is 0 Å². The Morgan fingerprint density at radius 1 is 1.50 bits per heavy atom. The van der Waals surface area contributed by atoms with Crippen molar-refractivity contribution < 1.29 is 9.53 Å². The zero-order valence-corrected chi connectivity index (χ0v) is 11.5. The van der Waals surface area contributed by atoms with Crippen molar-refractivity contribution in [2.24, 2.45) is 5.84 Å². The summed E-state index contributed by atoms with van der Waals surface area (Å²) in [6.07, 6.45) is 0.529. The standard InChI is InChI=1S/C12H19N3O2S/c1-8-5-15(6-9(2)17-8)7-10-3-4-11(18-10)12(16)14-13/h3-4,8-9H,5-7,13H2,1-2H3,(H,14,16). The van der Waals surface area contributed by atoms with E-state index in [1.807, 2.05) is 12.1 Å². The highest BCUT2D eigenvalue weighted by Gasteiger charge is 2.22. The molecule has 2 heterocycles. The lowest BCUT2D eigenvalue weighted by atomic mass is 10.2. The Labute approximate surface area is 111 Å². The third-order valence-corrected chi connectivity index (χ3v) is 3.96. The van der Waals surface area contributed by atoms with Crippen LogP contribution in [0.3, 0.4) is 0 Å². The van der Waals surface area contributed by atoms with Crippen LogP contribution in [0.4, 0.5) is 0 Å². The summed E-state index contributed by atoms with van der Waals surface area (Å²) in [5, 5.41) is 0. The number of ether oxygens (including phenoxy) is 1. The van der Waals surface area contributed by atoms with Crippen LogP contribution >= 0.6 is 11.3 Å². The number of hydrazine groups is 1.